The fourth-order valence-electron chi connectivity index (χ4n) is 6.94. The molecule has 0 amide bonds. The van der Waals surface area contributed by atoms with Crippen LogP contribution in [0.2, 0.25) is 0 Å². The molecular weight excluding hydrogens is 518 g/mol. The number of hydrogen-bond donors (Lipinski definition) is 0. The van der Waals surface area contributed by atoms with Gasteiger partial charge in [0.05, 0.1) is 27.2 Å². The summed E-state index contributed by atoms with van der Waals surface area (Å²) < 4.78 is 1.25. The molecule has 0 spiro atoms. The molecule has 0 aliphatic heterocycles. The maximum atomic E-state index is 2.47. The van der Waals surface area contributed by atoms with E-state index >= 15 is 0 Å². The van der Waals surface area contributed by atoms with E-state index in [0.717, 1.165) is 5.92 Å². The quantitative estimate of drug-likeness (QED) is 0.0487. The van der Waals surface area contributed by atoms with Crippen LogP contribution in [0.15, 0.2) is 0 Å². The molecule has 0 saturated carbocycles. The lowest BCUT2D eigenvalue weighted by atomic mass is 10.0. The molecule has 0 saturated heterocycles. The van der Waals surface area contributed by atoms with Crippen LogP contribution < -0.4 is 0 Å². The Morgan fingerprint density at radius 2 is 0.512 bits per heavy atom. The van der Waals surface area contributed by atoms with E-state index in [4.69, 9.17) is 0 Å². The van der Waals surface area contributed by atoms with Crippen molar-refractivity contribution in [2.24, 2.45) is 5.92 Å². The molecule has 0 N–H and O–H groups in total. The van der Waals surface area contributed by atoms with Crippen LogP contribution in [0.5, 0.6) is 0 Å². The van der Waals surface area contributed by atoms with E-state index < -0.39 is 0 Å². The van der Waals surface area contributed by atoms with Gasteiger partial charge in [0.1, 0.15) is 0 Å². The van der Waals surface area contributed by atoms with E-state index in [9.17, 15) is 0 Å². The Hall–Kier alpha value is -0.0400. The summed E-state index contributed by atoms with van der Waals surface area (Å²) in [6.45, 7) is 9.78. The van der Waals surface area contributed by atoms with Gasteiger partial charge in [0.25, 0.3) is 0 Å². The maximum absolute atomic E-state index is 2.47. The zero-order chi connectivity index (χ0) is 31.5. The molecule has 0 atom stereocenters. The van der Waals surface area contributed by atoms with Gasteiger partial charge in [0, 0.05) is 0 Å². The number of hydrogen-bond acceptors (Lipinski definition) is 0. The largest absolute Gasteiger partial charge is 0.328 e. The summed E-state index contributed by atoms with van der Waals surface area (Å²) >= 11 is 0. The van der Waals surface area contributed by atoms with Gasteiger partial charge in [0.2, 0.25) is 0 Å². The molecule has 0 radical (unpaired) electrons. The Morgan fingerprint density at radius 1 is 0.302 bits per heavy atom. The molecule has 0 aliphatic carbocycles. The van der Waals surface area contributed by atoms with Crippen LogP contribution in [-0.2, 0) is 0 Å². The fraction of sp³-hybridized carbons (Fsp3) is 1.00. The molecule has 0 unspecified atom stereocenters. The molecule has 0 bridgehead atoms. The molecule has 0 heterocycles. The van der Waals surface area contributed by atoms with Crippen molar-refractivity contribution in [3.8, 4) is 0 Å². The van der Waals surface area contributed by atoms with Crippen molar-refractivity contribution in [2.75, 3.05) is 27.2 Å². The summed E-state index contributed by atoms with van der Waals surface area (Å²) in [5, 5.41) is 0. The highest BCUT2D eigenvalue weighted by atomic mass is 15.3. The van der Waals surface area contributed by atoms with Gasteiger partial charge in [-0.15, -0.1) is 0 Å². The lowest BCUT2D eigenvalue weighted by Gasteiger charge is -2.30. The van der Waals surface area contributed by atoms with Crippen LogP contribution >= 0.6 is 0 Å². The lowest BCUT2D eigenvalue weighted by Crippen LogP contribution is -2.41. The van der Waals surface area contributed by atoms with E-state index in [1.165, 1.54) is 236 Å². The van der Waals surface area contributed by atoms with Crippen molar-refractivity contribution >= 4 is 0 Å². The number of rotatable bonds is 37. The van der Waals surface area contributed by atoms with Gasteiger partial charge in [-0.3, -0.25) is 0 Å². The van der Waals surface area contributed by atoms with Gasteiger partial charge < -0.3 is 4.48 Å². The van der Waals surface area contributed by atoms with Crippen LogP contribution in [-0.4, -0.2) is 31.7 Å². The normalized spacial score (nSPS) is 12.1. The Bertz CT molecular complexity index is 495. The van der Waals surface area contributed by atoms with Gasteiger partial charge in [-0.1, -0.05) is 213 Å². The van der Waals surface area contributed by atoms with E-state index in [-0.39, 0.29) is 0 Å². The van der Waals surface area contributed by atoms with Crippen LogP contribution in [0.1, 0.15) is 239 Å². The second-order valence-corrected chi connectivity index (χ2v) is 15.9. The van der Waals surface area contributed by atoms with Crippen molar-refractivity contribution in [3.63, 3.8) is 0 Å². The molecule has 0 rings (SSSR count). The smallest absolute Gasteiger partial charge is 0.0782 e. The molecule has 0 aromatic carbocycles. The summed E-state index contributed by atoms with van der Waals surface area (Å²) in [6.07, 6.45) is 50.0. The Balaban J connectivity index is 3.26. The second-order valence-electron chi connectivity index (χ2n) is 15.9. The molecular formula is C42H88N+. The first-order valence-electron chi connectivity index (χ1n) is 20.8. The van der Waals surface area contributed by atoms with Gasteiger partial charge in [-0.05, 0) is 31.6 Å². The third kappa shape index (κ3) is 38.1. The highest BCUT2D eigenvalue weighted by Gasteiger charge is 2.13. The van der Waals surface area contributed by atoms with E-state index in [2.05, 4.69) is 34.9 Å². The predicted molar refractivity (Wildman–Crippen MR) is 199 cm³/mol. The molecule has 0 fully saturated rings. The molecule has 0 aromatic heterocycles. The van der Waals surface area contributed by atoms with Crippen LogP contribution in [0.4, 0.5) is 0 Å². The minimum atomic E-state index is 0.892. The summed E-state index contributed by atoms with van der Waals surface area (Å²) in [4.78, 5) is 0. The first kappa shape index (κ1) is 43.0. The van der Waals surface area contributed by atoms with Crippen molar-refractivity contribution < 1.29 is 4.48 Å². The maximum Gasteiger partial charge on any atom is 0.0782 e. The average Bonchev–Trinajstić information content (AvgIpc) is 2.98. The zero-order valence-corrected chi connectivity index (χ0v) is 31.5. The van der Waals surface area contributed by atoms with Gasteiger partial charge >= 0.3 is 0 Å². The summed E-state index contributed by atoms with van der Waals surface area (Å²) in [5.74, 6) is 0.892. The van der Waals surface area contributed by atoms with Crippen LogP contribution in [0.3, 0.4) is 0 Å². The molecule has 1 nitrogen and oxygen atoms in total. The van der Waals surface area contributed by atoms with Crippen molar-refractivity contribution in [3.05, 3.63) is 0 Å². The predicted octanol–water partition coefficient (Wildman–Crippen LogP) is 15.0. The van der Waals surface area contributed by atoms with E-state index in [1.54, 1.807) is 0 Å². The fourth-order valence-corrected chi connectivity index (χ4v) is 6.94. The molecule has 43 heavy (non-hydrogen) atoms. The van der Waals surface area contributed by atoms with Gasteiger partial charge in [-0.2, -0.15) is 0 Å². The topological polar surface area (TPSA) is 0 Å². The number of quaternary nitrogens is 1. The SMILES string of the molecule is CCCCCCCCCCCCCCCCCCCCCC[N+](C)(C)CCCCCCCCCCCCCCCC(C)C. The third-order valence-electron chi connectivity index (χ3n) is 10.2. The highest BCUT2D eigenvalue weighted by Crippen LogP contribution is 2.17. The lowest BCUT2D eigenvalue weighted by molar-refractivity contribution is -0.890. The van der Waals surface area contributed by atoms with E-state index in [1.807, 2.05) is 0 Å². The summed E-state index contributed by atoms with van der Waals surface area (Å²) in [7, 11) is 4.94. The van der Waals surface area contributed by atoms with Crippen LogP contribution in [0.25, 0.3) is 0 Å². The van der Waals surface area contributed by atoms with Crippen molar-refractivity contribution in [2.45, 2.75) is 239 Å². The Labute approximate surface area is 276 Å². The van der Waals surface area contributed by atoms with Crippen LogP contribution in [0, 0.1) is 5.92 Å². The zero-order valence-electron chi connectivity index (χ0n) is 31.5. The summed E-state index contributed by atoms with van der Waals surface area (Å²) in [5.41, 5.74) is 0. The third-order valence-corrected chi connectivity index (χ3v) is 10.2. The number of nitrogens with zero attached hydrogens (tertiary/aromatic N) is 1. The minimum absolute atomic E-state index is 0.892. The van der Waals surface area contributed by atoms with Gasteiger partial charge in [-0.25, -0.2) is 0 Å². The summed E-state index contributed by atoms with van der Waals surface area (Å²) in [6, 6.07) is 0. The van der Waals surface area contributed by atoms with E-state index in [0.29, 0.717) is 0 Å². The Kier molecular flexibility index (Phi) is 34.8. The first-order chi connectivity index (χ1) is 21.0. The Morgan fingerprint density at radius 3 is 0.744 bits per heavy atom. The minimum Gasteiger partial charge on any atom is -0.328 e. The molecule has 260 valence electrons. The highest BCUT2D eigenvalue weighted by molar-refractivity contribution is 4.53. The molecule has 0 aliphatic rings. The molecule has 0 aromatic rings. The standard InChI is InChI=1S/C42H88N/c1-6-7-8-9-10-11-12-13-14-15-16-17-18-19-22-25-28-31-34-37-40-43(4,5)41-38-35-32-29-26-23-20-21-24-27-30-33-36-39-42(2)3/h42H,6-41H2,1-5H3/q+1. The first-order valence-corrected chi connectivity index (χ1v) is 20.8. The van der Waals surface area contributed by atoms with Crippen molar-refractivity contribution in [1.82, 2.24) is 0 Å². The number of unbranched alkanes of at least 4 members (excludes halogenated alkanes) is 31. The second kappa shape index (κ2) is 34.8. The average molecular weight is 607 g/mol. The van der Waals surface area contributed by atoms with Crippen molar-refractivity contribution in [1.29, 1.82) is 0 Å². The van der Waals surface area contributed by atoms with Gasteiger partial charge in [0.15, 0.2) is 0 Å². The molecule has 1 heteroatoms. The monoisotopic (exact) mass is 607 g/mol.